The van der Waals surface area contributed by atoms with E-state index in [0.29, 0.717) is 29.8 Å². The maximum absolute atomic E-state index is 12.6. The average molecular weight is 483 g/mol. The topological polar surface area (TPSA) is 155 Å². The van der Waals surface area contributed by atoms with Gasteiger partial charge in [-0.1, -0.05) is 36.4 Å². The van der Waals surface area contributed by atoms with E-state index < -0.39 is 24.0 Å². The van der Waals surface area contributed by atoms with Gasteiger partial charge in [-0.05, 0) is 48.4 Å². The molecule has 10 heteroatoms. The Morgan fingerprint density at radius 3 is 2.56 bits per heavy atom. The first-order valence-electron chi connectivity index (χ1n) is 10.7. The maximum atomic E-state index is 12.6. The lowest BCUT2D eigenvalue weighted by Crippen LogP contribution is -2.40. The molecule has 3 aromatic rings. The Bertz CT molecular complexity index is 1180. The second-order valence-electron chi connectivity index (χ2n) is 7.63. The van der Waals surface area contributed by atoms with Gasteiger partial charge in [0, 0.05) is 16.8 Å². The molecule has 6 N–H and O–H groups in total. The Hall–Kier alpha value is -3.92. The van der Waals surface area contributed by atoms with Gasteiger partial charge in [0.1, 0.15) is 18.5 Å². The van der Waals surface area contributed by atoms with Crippen LogP contribution in [-0.4, -0.2) is 41.5 Å². The van der Waals surface area contributed by atoms with Crippen LogP contribution in [0, 0.1) is 5.41 Å². The van der Waals surface area contributed by atoms with Crippen LogP contribution in [0.5, 0.6) is 0 Å². The highest BCUT2D eigenvalue weighted by Crippen LogP contribution is 2.26. The number of benzene rings is 2. The number of alkyl carbamates (subject to hydrolysis) is 1. The third-order valence-corrected chi connectivity index (χ3v) is 6.18. The molecule has 0 saturated heterocycles. The fraction of sp³-hybridized carbons (Fsp3) is 0.250. The zero-order chi connectivity index (χ0) is 24.5. The quantitative estimate of drug-likeness (QED) is 0.160. The number of hydrogen-bond donors (Lipinski definition) is 5. The van der Waals surface area contributed by atoms with Gasteiger partial charge >= 0.3 is 12.1 Å². The molecular weight excluding hydrogens is 456 g/mol. The standard InChI is InChI=1S/C24H26N4O5S/c25-21(26)20-12-16-9-10-17(13-19(16)34-20)22(29)28-18(23(30)31)8-4-5-11-27-24(32)33-14-15-6-2-1-3-7-15/h1-3,6-7,9-10,12-13,18H,4-5,8,11,14H2,(H3,25,26)(H,27,32)(H,28,29)(H,30,31). The number of carboxylic acid groups (broad SMARTS) is 1. The molecule has 0 fully saturated rings. The SMILES string of the molecule is N=C(N)c1cc2ccc(C(=O)NC(CCCCNC(=O)OCc3ccccc3)C(=O)O)cc2s1. The number of nitrogens with one attached hydrogen (secondary N) is 3. The van der Waals surface area contributed by atoms with Crippen molar-refractivity contribution < 1.29 is 24.2 Å². The lowest BCUT2D eigenvalue weighted by molar-refractivity contribution is -0.139. The van der Waals surface area contributed by atoms with Gasteiger partial charge in [-0.2, -0.15) is 0 Å². The van der Waals surface area contributed by atoms with E-state index in [9.17, 15) is 19.5 Å². The van der Waals surface area contributed by atoms with Crippen LogP contribution in [-0.2, 0) is 16.1 Å². The minimum absolute atomic E-state index is 0.0444. The van der Waals surface area contributed by atoms with Gasteiger partial charge in [0.15, 0.2) is 0 Å². The van der Waals surface area contributed by atoms with Crippen molar-refractivity contribution in [2.24, 2.45) is 5.73 Å². The monoisotopic (exact) mass is 482 g/mol. The van der Waals surface area contributed by atoms with Crippen molar-refractivity contribution in [2.75, 3.05) is 6.54 Å². The van der Waals surface area contributed by atoms with E-state index in [4.69, 9.17) is 15.9 Å². The first-order valence-corrected chi connectivity index (χ1v) is 11.5. The predicted octanol–water partition coefficient (Wildman–Crippen LogP) is 3.47. The molecule has 1 heterocycles. The number of hydrogen-bond acceptors (Lipinski definition) is 6. The molecule has 178 valence electrons. The molecule has 0 spiro atoms. The minimum Gasteiger partial charge on any atom is -0.480 e. The number of carboxylic acids is 1. The van der Waals surface area contributed by atoms with E-state index in [1.165, 1.54) is 11.3 Å². The fourth-order valence-electron chi connectivity index (χ4n) is 3.24. The molecule has 2 amide bonds. The Morgan fingerprint density at radius 1 is 1.09 bits per heavy atom. The van der Waals surface area contributed by atoms with Gasteiger partial charge in [0.25, 0.3) is 5.91 Å². The number of rotatable bonds is 11. The number of amidine groups is 1. The Morgan fingerprint density at radius 2 is 1.85 bits per heavy atom. The number of unbranched alkanes of at least 4 members (excludes halogenated alkanes) is 1. The van der Waals surface area contributed by atoms with Gasteiger partial charge in [-0.3, -0.25) is 10.2 Å². The minimum atomic E-state index is -1.13. The van der Waals surface area contributed by atoms with Crippen LogP contribution in [0.1, 0.15) is 40.1 Å². The Balaban J connectivity index is 1.43. The van der Waals surface area contributed by atoms with Crippen molar-refractivity contribution >= 4 is 45.2 Å². The average Bonchev–Trinajstić information content (AvgIpc) is 3.26. The molecule has 1 atom stereocenters. The molecule has 2 aromatic carbocycles. The van der Waals surface area contributed by atoms with Crippen molar-refractivity contribution in [3.8, 4) is 0 Å². The van der Waals surface area contributed by atoms with Crippen LogP contribution < -0.4 is 16.4 Å². The fourth-order valence-corrected chi connectivity index (χ4v) is 4.21. The summed E-state index contributed by atoms with van der Waals surface area (Å²) < 4.78 is 5.91. The zero-order valence-electron chi connectivity index (χ0n) is 18.4. The number of fused-ring (bicyclic) bond motifs is 1. The van der Waals surface area contributed by atoms with Crippen LogP contribution in [0.2, 0.25) is 0 Å². The van der Waals surface area contributed by atoms with Crippen LogP contribution >= 0.6 is 11.3 Å². The Kier molecular flexibility index (Phi) is 8.58. The van der Waals surface area contributed by atoms with Gasteiger partial charge < -0.3 is 26.2 Å². The van der Waals surface area contributed by atoms with Gasteiger partial charge in [-0.15, -0.1) is 11.3 Å². The summed E-state index contributed by atoms with van der Waals surface area (Å²) in [4.78, 5) is 36.6. The van der Waals surface area contributed by atoms with E-state index in [1.807, 2.05) is 30.3 Å². The van der Waals surface area contributed by atoms with E-state index in [-0.39, 0.29) is 18.9 Å². The molecule has 0 bridgehead atoms. The molecule has 0 aliphatic rings. The molecular formula is C24H26N4O5S. The van der Waals surface area contributed by atoms with Crippen LogP contribution in [0.15, 0.2) is 54.6 Å². The normalized spacial score (nSPS) is 11.5. The van der Waals surface area contributed by atoms with Crippen molar-refractivity contribution in [3.63, 3.8) is 0 Å². The van der Waals surface area contributed by atoms with Gasteiger partial charge in [0.05, 0.1) is 4.88 Å². The summed E-state index contributed by atoms with van der Waals surface area (Å²) in [5.74, 6) is -1.66. The molecule has 9 nitrogen and oxygen atoms in total. The predicted molar refractivity (Wildman–Crippen MR) is 130 cm³/mol. The van der Waals surface area contributed by atoms with E-state index >= 15 is 0 Å². The smallest absolute Gasteiger partial charge is 0.407 e. The number of nitrogens with two attached hydrogens (primary N) is 1. The summed E-state index contributed by atoms with van der Waals surface area (Å²) in [7, 11) is 0. The number of amides is 2. The van der Waals surface area contributed by atoms with Gasteiger partial charge in [0.2, 0.25) is 0 Å². The summed E-state index contributed by atoms with van der Waals surface area (Å²) in [6, 6.07) is 15.0. The van der Waals surface area contributed by atoms with Crippen molar-refractivity contribution in [1.82, 2.24) is 10.6 Å². The summed E-state index contributed by atoms with van der Waals surface area (Å²) in [5.41, 5.74) is 6.73. The molecule has 0 radical (unpaired) electrons. The van der Waals surface area contributed by atoms with Crippen LogP contribution in [0.25, 0.3) is 10.1 Å². The molecule has 0 aliphatic carbocycles. The number of nitrogen functional groups attached to an aromatic ring is 1. The summed E-state index contributed by atoms with van der Waals surface area (Å²) >= 11 is 1.30. The molecule has 34 heavy (non-hydrogen) atoms. The third-order valence-electron chi connectivity index (χ3n) is 5.05. The first kappa shape index (κ1) is 24.7. The maximum Gasteiger partial charge on any atom is 0.407 e. The van der Waals surface area contributed by atoms with Crippen LogP contribution in [0.4, 0.5) is 4.79 Å². The highest BCUT2D eigenvalue weighted by atomic mass is 32.1. The summed E-state index contributed by atoms with van der Waals surface area (Å²) in [6.07, 6.45) is 0.707. The number of carbonyl (C=O) groups excluding carboxylic acids is 2. The second kappa shape index (κ2) is 11.8. The zero-order valence-corrected chi connectivity index (χ0v) is 19.2. The van der Waals surface area contributed by atoms with Crippen molar-refractivity contribution in [1.29, 1.82) is 5.41 Å². The van der Waals surface area contributed by atoms with E-state index in [1.54, 1.807) is 24.3 Å². The molecule has 0 saturated carbocycles. The van der Waals surface area contributed by atoms with Crippen molar-refractivity contribution in [2.45, 2.75) is 31.9 Å². The Labute approximate surface area is 200 Å². The molecule has 3 rings (SSSR count). The largest absolute Gasteiger partial charge is 0.480 e. The van der Waals surface area contributed by atoms with E-state index in [2.05, 4.69) is 10.6 Å². The molecule has 1 unspecified atom stereocenters. The lowest BCUT2D eigenvalue weighted by Gasteiger charge is -2.15. The van der Waals surface area contributed by atoms with Crippen LogP contribution in [0.3, 0.4) is 0 Å². The summed E-state index contributed by atoms with van der Waals surface area (Å²) in [5, 5.41) is 23.1. The lowest BCUT2D eigenvalue weighted by atomic mass is 10.1. The number of thiophene rings is 1. The molecule has 0 aliphatic heterocycles. The van der Waals surface area contributed by atoms with Gasteiger partial charge in [-0.25, -0.2) is 9.59 Å². The summed E-state index contributed by atoms with van der Waals surface area (Å²) in [6.45, 7) is 0.508. The second-order valence-corrected chi connectivity index (χ2v) is 8.71. The van der Waals surface area contributed by atoms with Crippen molar-refractivity contribution in [3.05, 3.63) is 70.6 Å². The highest BCUT2D eigenvalue weighted by Gasteiger charge is 2.20. The molecule has 1 aromatic heterocycles. The number of ether oxygens (including phenoxy) is 1. The number of carbonyl (C=O) groups is 3. The number of aliphatic carboxylic acids is 1. The third kappa shape index (κ3) is 7.04. The highest BCUT2D eigenvalue weighted by molar-refractivity contribution is 7.20. The van der Waals surface area contributed by atoms with E-state index in [0.717, 1.165) is 15.6 Å². The first-order chi connectivity index (χ1) is 16.3.